The summed E-state index contributed by atoms with van der Waals surface area (Å²) in [6.07, 6.45) is 0.806. The second-order valence-corrected chi connectivity index (χ2v) is 8.93. The summed E-state index contributed by atoms with van der Waals surface area (Å²) in [5.74, 6) is -3.08. The number of carbonyl (C=O) groups excluding carboxylic acids is 1. The number of amides is 1. The van der Waals surface area contributed by atoms with Crippen LogP contribution in [0.3, 0.4) is 0 Å². The molecule has 156 valence electrons. The number of hydrogen-bond donors (Lipinski definition) is 1. The van der Waals surface area contributed by atoms with Crippen molar-refractivity contribution in [2.75, 3.05) is 25.5 Å². The van der Waals surface area contributed by atoms with E-state index in [0.717, 1.165) is 16.4 Å². The number of sulfonamides is 1. The molecule has 1 aliphatic rings. The largest absolute Gasteiger partial charge is 0.495 e. The zero-order chi connectivity index (χ0) is 21.2. The lowest BCUT2D eigenvalue weighted by Crippen LogP contribution is -2.43. The maximum absolute atomic E-state index is 13.8. The SMILES string of the molecule is COc1ccc(Cl)cc1S(=O)(=O)N1CCC[C@H](C(=O)Nc2c(F)cccc2F)C1. The predicted octanol–water partition coefficient (Wildman–Crippen LogP) is 3.67. The Kier molecular flexibility index (Phi) is 6.40. The Labute approximate surface area is 172 Å². The molecular weight excluding hydrogens is 426 g/mol. The van der Waals surface area contributed by atoms with E-state index in [2.05, 4.69) is 5.32 Å². The van der Waals surface area contributed by atoms with Gasteiger partial charge in [-0.15, -0.1) is 0 Å². The molecule has 1 N–H and O–H groups in total. The normalized spacial score (nSPS) is 17.7. The molecule has 1 saturated heterocycles. The third-order valence-electron chi connectivity index (χ3n) is 4.71. The quantitative estimate of drug-likeness (QED) is 0.763. The fraction of sp³-hybridized carbons (Fsp3) is 0.316. The van der Waals surface area contributed by atoms with Gasteiger partial charge in [0.15, 0.2) is 0 Å². The second-order valence-electron chi connectivity index (χ2n) is 6.58. The van der Waals surface area contributed by atoms with E-state index in [1.807, 2.05) is 0 Å². The van der Waals surface area contributed by atoms with Gasteiger partial charge in [0.25, 0.3) is 0 Å². The highest BCUT2D eigenvalue weighted by Gasteiger charge is 2.35. The van der Waals surface area contributed by atoms with Crippen LogP contribution < -0.4 is 10.1 Å². The smallest absolute Gasteiger partial charge is 0.246 e. The number of anilines is 1. The van der Waals surface area contributed by atoms with Gasteiger partial charge in [0.1, 0.15) is 28.0 Å². The number of halogens is 3. The Morgan fingerprint density at radius 1 is 1.24 bits per heavy atom. The summed E-state index contributed by atoms with van der Waals surface area (Å²) in [6, 6.07) is 7.49. The van der Waals surface area contributed by atoms with Crippen molar-refractivity contribution in [3.8, 4) is 5.75 Å². The number of piperidine rings is 1. The number of nitrogens with zero attached hydrogens (tertiary/aromatic N) is 1. The highest BCUT2D eigenvalue weighted by atomic mass is 35.5. The van der Waals surface area contributed by atoms with Gasteiger partial charge < -0.3 is 10.1 Å². The molecule has 0 aromatic heterocycles. The number of methoxy groups -OCH3 is 1. The molecule has 10 heteroatoms. The molecule has 0 unspecified atom stereocenters. The molecule has 1 atom stereocenters. The van der Waals surface area contributed by atoms with E-state index in [-0.39, 0.29) is 28.8 Å². The van der Waals surface area contributed by atoms with Crippen molar-refractivity contribution in [2.45, 2.75) is 17.7 Å². The van der Waals surface area contributed by atoms with E-state index in [1.165, 1.54) is 31.4 Å². The van der Waals surface area contributed by atoms with Crippen LogP contribution in [0.25, 0.3) is 0 Å². The molecule has 6 nitrogen and oxygen atoms in total. The maximum Gasteiger partial charge on any atom is 0.246 e. The lowest BCUT2D eigenvalue weighted by Gasteiger charge is -2.31. The predicted molar refractivity (Wildman–Crippen MR) is 104 cm³/mol. The molecule has 0 bridgehead atoms. The van der Waals surface area contributed by atoms with Gasteiger partial charge >= 0.3 is 0 Å². The molecule has 3 rings (SSSR count). The van der Waals surface area contributed by atoms with Gasteiger partial charge in [0, 0.05) is 18.1 Å². The lowest BCUT2D eigenvalue weighted by molar-refractivity contribution is -0.120. The third kappa shape index (κ3) is 4.52. The highest BCUT2D eigenvalue weighted by molar-refractivity contribution is 7.89. The van der Waals surface area contributed by atoms with Gasteiger partial charge in [-0.1, -0.05) is 17.7 Å². The number of nitrogens with one attached hydrogen (secondary N) is 1. The number of carbonyl (C=O) groups is 1. The Morgan fingerprint density at radius 3 is 2.59 bits per heavy atom. The summed E-state index contributed by atoms with van der Waals surface area (Å²) in [5.41, 5.74) is -0.547. The van der Waals surface area contributed by atoms with Crippen molar-refractivity contribution in [1.82, 2.24) is 4.31 Å². The van der Waals surface area contributed by atoms with Gasteiger partial charge in [-0.2, -0.15) is 4.31 Å². The van der Waals surface area contributed by atoms with Crippen molar-refractivity contribution in [3.63, 3.8) is 0 Å². The molecule has 1 amide bonds. The summed E-state index contributed by atoms with van der Waals surface area (Å²) in [5, 5.41) is 2.46. The first kappa shape index (κ1) is 21.5. The van der Waals surface area contributed by atoms with Crippen LogP contribution in [0.1, 0.15) is 12.8 Å². The average molecular weight is 445 g/mol. The monoisotopic (exact) mass is 444 g/mol. The van der Waals surface area contributed by atoms with Crippen LogP contribution in [-0.4, -0.2) is 38.8 Å². The van der Waals surface area contributed by atoms with Crippen LogP contribution in [0.15, 0.2) is 41.3 Å². The maximum atomic E-state index is 13.8. The summed E-state index contributed by atoms with van der Waals surface area (Å²) in [4.78, 5) is 12.4. The Bertz CT molecular complexity index is 1010. The molecule has 0 saturated carbocycles. The minimum absolute atomic E-state index is 0.103. The summed E-state index contributed by atoms with van der Waals surface area (Å²) >= 11 is 5.94. The Hall–Kier alpha value is -2.23. The van der Waals surface area contributed by atoms with Gasteiger partial charge in [0.2, 0.25) is 15.9 Å². The van der Waals surface area contributed by atoms with Crippen LogP contribution in [0.2, 0.25) is 5.02 Å². The first-order valence-corrected chi connectivity index (χ1v) is 10.6. The zero-order valence-electron chi connectivity index (χ0n) is 15.5. The number of benzene rings is 2. The zero-order valence-corrected chi connectivity index (χ0v) is 17.1. The van der Waals surface area contributed by atoms with E-state index in [0.29, 0.717) is 12.8 Å². The summed E-state index contributed by atoms with van der Waals surface area (Å²) in [6.45, 7) is 0.0791. The first-order valence-electron chi connectivity index (χ1n) is 8.82. The van der Waals surface area contributed by atoms with E-state index in [1.54, 1.807) is 0 Å². The molecule has 0 spiro atoms. The van der Waals surface area contributed by atoms with E-state index >= 15 is 0 Å². The molecule has 0 radical (unpaired) electrons. The fourth-order valence-electron chi connectivity index (χ4n) is 3.21. The van der Waals surface area contributed by atoms with Crippen molar-refractivity contribution < 1.29 is 26.7 Å². The Morgan fingerprint density at radius 2 is 1.93 bits per heavy atom. The van der Waals surface area contributed by atoms with Gasteiger partial charge in [-0.3, -0.25) is 4.79 Å². The third-order valence-corrected chi connectivity index (χ3v) is 6.83. The second kappa shape index (κ2) is 8.64. The summed E-state index contributed by atoms with van der Waals surface area (Å²) in [7, 11) is -2.64. The van der Waals surface area contributed by atoms with Crippen LogP contribution in [0.5, 0.6) is 5.75 Å². The molecule has 1 heterocycles. The standard InChI is InChI=1S/C19H19ClF2N2O4S/c1-28-16-8-7-13(20)10-17(16)29(26,27)24-9-3-4-12(11-24)19(25)23-18-14(21)5-2-6-15(18)22/h2,5-8,10,12H,3-4,9,11H2,1H3,(H,23,25)/t12-/m0/s1. The van der Waals surface area contributed by atoms with Crippen LogP contribution in [0.4, 0.5) is 14.5 Å². The van der Waals surface area contributed by atoms with Crippen molar-refractivity contribution >= 4 is 33.2 Å². The number of ether oxygens (including phenoxy) is 1. The fourth-order valence-corrected chi connectivity index (χ4v) is 5.15. The van der Waals surface area contributed by atoms with Gasteiger partial charge in [-0.05, 0) is 43.2 Å². The summed E-state index contributed by atoms with van der Waals surface area (Å²) < 4.78 is 60.1. The molecular formula is C19H19ClF2N2O4S. The number of para-hydroxylation sites is 1. The molecule has 2 aromatic rings. The Balaban J connectivity index is 1.82. The van der Waals surface area contributed by atoms with Gasteiger partial charge in [0.05, 0.1) is 13.0 Å². The highest BCUT2D eigenvalue weighted by Crippen LogP contribution is 2.32. The molecule has 1 aliphatic heterocycles. The first-order chi connectivity index (χ1) is 13.7. The van der Waals surface area contributed by atoms with Crippen LogP contribution in [-0.2, 0) is 14.8 Å². The average Bonchev–Trinajstić information content (AvgIpc) is 2.70. The number of hydrogen-bond acceptors (Lipinski definition) is 4. The molecule has 29 heavy (non-hydrogen) atoms. The number of rotatable bonds is 5. The van der Waals surface area contributed by atoms with Crippen molar-refractivity contribution in [2.24, 2.45) is 5.92 Å². The molecule has 0 aliphatic carbocycles. The minimum Gasteiger partial charge on any atom is -0.495 e. The van der Waals surface area contributed by atoms with Crippen molar-refractivity contribution in [3.05, 3.63) is 53.1 Å². The molecule has 1 fully saturated rings. The minimum atomic E-state index is -3.99. The van der Waals surface area contributed by atoms with Crippen LogP contribution in [0, 0.1) is 17.6 Å². The molecule has 2 aromatic carbocycles. The van der Waals surface area contributed by atoms with E-state index < -0.39 is 39.2 Å². The van der Waals surface area contributed by atoms with Crippen molar-refractivity contribution in [1.29, 1.82) is 0 Å². The van der Waals surface area contributed by atoms with Crippen LogP contribution >= 0.6 is 11.6 Å². The topological polar surface area (TPSA) is 75.7 Å². The lowest BCUT2D eigenvalue weighted by atomic mass is 9.98. The van der Waals surface area contributed by atoms with E-state index in [9.17, 15) is 22.0 Å². The van der Waals surface area contributed by atoms with E-state index in [4.69, 9.17) is 16.3 Å². The van der Waals surface area contributed by atoms with Gasteiger partial charge in [-0.25, -0.2) is 17.2 Å².